The van der Waals surface area contributed by atoms with E-state index in [1.165, 1.54) is 24.8 Å². The molecule has 1 aromatic rings. The molecular weight excluding hydrogens is 180 g/mol. The van der Waals surface area contributed by atoms with E-state index < -0.39 is 0 Å². The Morgan fingerprint density at radius 3 is 2.33 bits per heavy atom. The maximum atomic E-state index is 3.93. The molecular formula is C15H23. The first-order chi connectivity index (χ1) is 7.24. The molecule has 0 aromatic heterocycles. The first kappa shape index (κ1) is 12.3. The van der Waals surface area contributed by atoms with Crippen LogP contribution in [0.5, 0.6) is 0 Å². The van der Waals surface area contributed by atoms with Gasteiger partial charge in [0.2, 0.25) is 0 Å². The van der Waals surface area contributed by atoms with Crippen molar-refractivity contribution in [2.45, 2.75) is 45.4 Å². The summed E-state index contributed by atoms with van der Waals surface area (Å²) in [6.45, 7) is 8.54. The van der Waals surface area contributed by atoms with Gasteiger partial charge in [-0.3, -0.25) is 0 Å². The Bertz CT molecular complexity index is 248. The summed E-state index contributed by atoms with van der Waals surface area (Å²) in [6, 6.07) is 10.9. The topological polar surface area (TPSA) is 0 Å². The Labute approximate surface area is 94.7 Å². The second-order valence-electron chi connectivity index (χ2n) is 4.73. The standard InChI is InChI=1S/C15H23/c1-4-5-9-15(12-13(2)3)14-10-7-6-8-11-14/h6-8,10-11,13,15H,1,4-5,9,12H2,2-3H3. The van der Waals surface area contributed by atoms with Crippen LogP contribution in [0.3, 0.4) is 0 Å². The van der Waals surface area contributed by atoms with Gasteiger partial charge >= 0.3 is 0 Å². The molecule has 0 spiro atoms. The number of hydrogen-bond donors (Lipinski definition) is 0. The molecule has 0 amide bonds. The van der Waals surface area contributed by atoms with Gasteiger partial charge in [-0.15, -0.1) is 0 Å². The highest BCUT2D eigenvalue weighted by molar-refractivity contribution is 5.19. The molecule has 0 aliphatic heterocycles. The van der Waals surface area contributed by atoms with Gasteiger partial charge in [0.1, 0.15) is 0 Å². The van der Waals surface area contributed by atoms with Gasteiger partial charge < -0.3 is 0 Å². The van der Waals surface area contributed by atoms with Crippen LogP contribution in [0.15, 0.2) is 30.3 Å². The normalized spacial score (nSPS) is 13.1. The van der Waals surface area contributed by atoms with Gasteiger partial charge in [-0.2, -0.15) is 0 Å². The van der Waals surface area contributed by atoms with Crippen molar-refractivity contribution in [1.82, 2.24) is 0 Å². The molecule has 0 aliphatic rings. The second-order valence-corrected chi connectivity index (χ2v) is 4.73. The van der Waals surface area contributed by atoms with E-state index in [9.17, 15) is 0 Å². The molecule has 0 aliphatic carbocycles. The molecule has 0 saturated heterocycles. The van der Waals surface area contributed by atoms with Gasteiger partial charge in [-0.25, -0.2) is 0 Å². The molecule has 1 unspecified atom stereocenters. The van der Waals surface area contributed by atoms with Crippen molar-refractivity contribution in [3.05, 3.63) is 42.8 Å². The maximum Gasteiger partial charge on any atom is -0.0160 e. The average Bonchev–Trinajstić information content (AvgIpc) is 2.25. The van der Waals surface area contributed by atoms with E-state index in [2.05, 4.69) is 51.1 Å². The van der Waals surface area contributed by atoms with Gasteiger partial charge in [0, 0.05) is 0 Å². The van der Waals surface area contributed by atoms with Crippen LogP contribution < -0.4 is 0 Å². The van der Waals surface area contributed by atoms with Crippen LogP contribution in [0.4, 0.5) is 0 Å². The smallest absolute Gasteiger partial charge is 0.0160 e. The third kappa shape index (κ3) is 4.51. The van der Waals surface area contributed by atoms with Crippen molar-refractivity contribution in [3.8, 4) is 0 Å². The van der Waals surface area contributed by atoms with E-state index >= 15 is 0 Å². The van der Waals surface area contributed by atoms with Crippen LogP contribution in [0.25, 0.3) is 0 Å². The molecule has 1 radical (unpaired) electrons. The van der Waals surface area contributed by atoms with Crippen LogP contribution in [0.2, 0.25) is 0 Å². The molecule has 0 fully saturated rings. The minimum absolute atomic E-state index is 0.730. The highest BCUT2D eigenvalue weighted by Crippen LogP contribution is 2.28. The number of rotatable bonds is 6. The zero-order valence-electron chi connectivity index (χ0n) is 10.1. The van der Waals surface area contributed by atoms with Gasteiger partial charge in [0.25, 0.3) is 0 Å². The van der Waals surface area contributed by atoms with E-state index in [0.29, 0.717) is 0 Å². The molecule has 15 heavy (non-hydrogen) atoms. The van der Waals surface area contributed by atoms with Crippen LogP contribution in [0.1, 0.15) is 51.0 Å². The summed E-state index contributed by atoms with van der Waals surface area (Å²) in [5.74, 6) is 1.51. The lowest BCUT2D eigenvalue weighted by Crippen LogP contribution is -2.03. The predicted molar refractivity (Wildman–Crippen MR) is 67.8 cm³/mol. The summed E-state index contributed by atoms with van der Waals surface area (Å²) in [5, 5.41) is 0. The number of benzene rings is 1. The quantitative estimate of drug-likeness (QED) is 0.621. The number of hydrogen-bond acceptors (Lipinski definition) is 0. The van der Waals surface area contributed by atoms with Crippen LogP contribution >= 0.6 is 0 Å². The lowest BCUT2D eigenvalue weighted by molar-refractivity contribution is 0.467. The Hall–Kier alpha value is -0.780. The Morgan fingerprint density at radius 2 is 1.80 bits per heavy atom. The van der Waals surface area contributed by atoms with Gasteiger partial charge in [0.05, 0.1) is 0 Å². The lowest BCUT2D eigenvalue weighted by Gasteiger charge is -2.19. The van der Waals surface area contributed by atoms with Crippen molar-refractivity contribution >= 4 is 0 Å². The molecule has 0 N–H and O–H groups in total. The Balaban J connectivity index is 2.63. The second kappa shape index (κ2) is 6.66. The summed E-state index contributed by atoms with van der Waals surface area (Å²) in [6.07, 6.45) is 4.88. The zero-order valence-corrected chi connectivity index (χ0v) is 10.1. The first-order valence-electron chi connectivity index (χ1n) is 6.08. The molecule has 0 heterocycles. The van der Waals surface area contributed by atoms with Crippen LogP contribution in [0, 0.1) is 12.8 Å². The highest BCUT2D eigenvalue weighted by atomic mass is 14.2. The number of unbranched alkanes of at least 4 members (excludes halogenated alkanes) is 1. The van der Waals surface area contributed by atoms with Crippen LogP contribution in [-0.2, 0) is 0 Å². The van der Waals surface area contributed by atoms with Crippen molar-refractivity contribution in [1.29, 1.82) is 0 Å². The van der Waals surface area contributed by atoms with E-state index in [4.69, 9.17) is 0 Å². The van der Waals surface area contributed by atoms with E-state index in [1.54, 1.807) is 0 Å². The highest BCUT2D eigenvalue weighted by Gasteiger charge is 2.12. The summed E-state index contributed by atoms with van der Waals surface area (Å²) in [7, 11) is 0. The summed E-state index contributed by atoms with van der Waals surface area (Å²) in [5.41, 5.74) is 1.50. The Morgan fingerprint density at radius 1 is 1.13 bits per heavy atom. The fourth-order valence-electron chi connectivity index (χ4n) is 2.11. The van der Waals surface area contributed by atoms with Crippen molar-refractivity contribution < 1.29 is 0 Å². The summed E-state index contributed by atoms with van der Waals surface area (Å²) >= 11 is 0. The third-order valence-electron chi connectivity index (χ3n) is 2.83. The maximum absolute atomic E-state index is 3.93. The Kier molecular flexibility index (Phi) is 5.45. The van der Waals surface area contributed by atoms with Gasteiger partial charge in [-0.1, -0.05) is 63.9 Å². The fraction of sp³-hybridized carbons (Fsp3) is 0.533. The zero-order chi connectivity index (χ0) is 11.1. The average molecular weight is 203 g/mol. The monoisotopic (exact) mass is 203 g/mol. The van der Waals surface area contributed by atoms with Crippen molar-refractivity contribution in [3.63, 3.8) is 0 Å². The summed E-state index contributed by atoms with van der Waals surface area (Å²) in [4.78, 5) is 0. The van der Waals surface area contributed by atoms with Crippen molar-refractivity contribution in [2.75, 3.05) is 0 Å². The third-order valence-corrected chi connectivity index (χ3v) is 2.83. The van der Waals surface area contributed by atoms with Gasteiger partial charge in [0.15, 0.2) is 0 Å². The van der Waals surface area contributed by atoms with Crippen LogP contribution in [-0.4, -0.2) is 0 Å². The molecule has 83 valence electrons. The largest absolute Gasteiger partial charge is 0.0628 e. The first-order valence-corrected chi connectivity index (χ1v) is 6.08. The minimum atomic E-state index is 0.730. The van der Waals surface area contributed by atoms with E-state index in [1.807, 2.05) is 0 Å². The molecule has 1 aromatic carbocycles. The SMILES string of the molecule is [CH2]CCCC(CC(C)C)c1ccccc1. The summed E-state index contributed by atoms with van der Waals surface area (Å²) < 4.78 is 0. The minimum Gasteiger partial charge on any atom is -0.0628 e. The molecule has 0 bridgehead atoms. The molecule has 1 rings (SSSR count). The predicted octanol–water partition coefficient (Wildman–Crippen LogP) is 4.82. The van der Waals surface area contributed by atoms with Crippen molar-refractivity contribution in [2.24, 2.45) is 5.92 Å². The molecule has 0 saturated carbocycles. The van der Waals surface area contributed by atoms with Gasteiger partial charge in [-0.05, 0) is 30.2 Å². The molecule has 0 nitrogen and oxygen atoms in total. The lowest BCUT2D eigenvalue weighted by atomic mass is 9.86. The van der Waals surface area contributed by atoms with E-state index in [-0.39, 0.29) is 0 Å². The molecule has 1 atom stereocenters. The van der Waals surface area contributed by atoms with E-state index in [0.717, 1.165) is 18.3 Å². The molecule has 0 heteroatoms. The fourth-order valence-corrected chi connectivity index (χ4v) is 2.11.